The highest BCUT2D eigenvalue weighted by Crippen LogP contribution is 2.34. The van der Waals surface area contributed by atoms with Crippen molar-refractivity contribution in [1.29, 1.82) is 0 Å². The Balaban J connectivity index is 2.98. The van der Waals surface area contributed by atoms with Crippen LogP contribution in [-0.2, 0) is 0 Å². The maximum atomic E-state index is 6.57. The summed E-state index contributed by atoms with van der Waals surface area (Å²) in [5.41, 5.74) is 7.73. The van der Waals surface area contributed by atoms with Crippen LogP contribution in [0.15, 0.2) is 24.3 Å². The number of nitrogens with two attached hydrogens (primary N) is 1. The van der Waals surface area contributed by atoms with Gasteiger partial charge in [-0.2, -0.15) is 0 Å². The fourth-order valence-electron chi connectivity index (χ4n) is 2.94. The fourth-order valence-corrected chi connectivity index (χ4v) is 2.94. The molecule has 0 spiro atoms. The molecule has 1 aromatic carbocycles. The van der Waals surface area contributed by atoms with Gasteiger partial charge in [0.1, 0.15) is 5.75 Å². The molecule has 1 rings (SSSR count). The number of hydrogen-bond donors (Lipinski definition) is 1. The van der Waals surface area contributed by atoms with Crippen molar-refractivity contribution < 1.29 is 4.74 Å². The van der Waals surface area contributed by atoms with E-state index < -0.39 is 0 Å². The van der Waals surface area contributed by atoms with Crippen LogP contribution in [0.3, 0.4) is 0 Å². The lowest BCUT2D eigenvalue weighted by Gasteiger charge is -2.43. The van der Waals surface area contributed by atoms with Crippen molar-refractivity contribution in [3.63, 3.8) is 0 Å². The summed E-state index contributed by atoms with van der Waals surface area (Å²) < 4.78 is 5.68. The molecule has 0 saturated carbocycles. The Morgan fingerprint density at radius 3 is 1.95 bits per heavy atom. The molecular formula is C17H30N2O. The summed E-state index contributed by atoms with van der Waals surface area (Å²) in [5.74, 6) is 0.902. The molecule has 0 aliphatic rings. The minimum absolute atomic E-state index is 0.000418. The molecule has 0 saturated heterocycles. The maximum absolute atomic E-state index is 6.57. The third-order valence-corrected chi connectivity index (χ3v) is 4.31. The Morgan fingerprint density at radius 1 is 1.10 bits per heavy atom. The highest BCUT2D eigenvalue weighted by molar-refractivity contribution is 5.31. The van der Waals surface area contributed by atoms with E-state index in [-0.39, 0.29) is 17.7 Å². The van der Waals surface area contributed by atoms with E-state index in [9.17, 15) is 0 Å². The first-order chi connectivity index (χ1) is 9.37. The third kappa shape index (κ3) is 3.53. The van der Waals surface area contributed by atoms with Gasteiger partial charge in [-0.3, -0.25) is 0 Å². The Morgan fingerprint density at radius 2 is 1.60 bits per heavy atom. The van der Waals surface area contributed by atoms with E-state index in [1.807, 2.05) is 26.0 Å². The number of ether oxygens (including phenoxy) is 1. The van der Waals surface area contributed by atoms with Crippen LogP contribution in [0.25, 0.3) is 0 Å². The van der Waals surface area contributed by atoms with Crippen LogP contribution in [0.4, 0.5) is 0 Å². The second-order valence-electron chi connectivity index (χ2n) is 5.92. The number of benzene rings is 1. The van der Waals surface area contributed by atoms with E-state index in [0.717, 1.165) is 18.6 Å². The molecule has 0 amide bonds. The average molecular weight is 278 g/mol. The summed E-state index contributed by atoms with van der Waals surface area (Å²) in [7, 11) is 4.23. The fraction of sp³-hybridized carbons (Fsp3) is 0.647. The monoisotopic (exact) mass is 278 g/mol. The molecule has 0 fully saturated rings. The second-order valence-corrected chi connectivity index (χ2v) is 5.92. The molecule has 1 unspecified atom stereocenters. The van der Waals surface area contributed by atoms with E-state index in [1.54, 1.807) is 0 Å². The Labute approximate surface area is 124 Å². The van der Waals surface area contributed by atoms with Crippen molar-refractivity contribution in [2.24, 2.45) is 5.73 Å². The lowest BCUT2D eigenvalue weighted by Crippen LogP contribution is -2.51. The first-order valence-corrected chi connectivity index (χ1v) is 7.57. The molecule has 2 N–H and O–H groups in total. The number of hydrogen-bond acceptors (Lipinski definition) is 3. The molecule has 0 aliphatic carbocycles. The van der Waals surface area contributed by atoms with E-state index in [2.05, 4.69) is 45.0 Å². The quantitative estimate of drug-likeness (QED) is 0.828. The SMILES string of the molecule is CCC(CC)(C(N)c1ccc(OC(C)C)cc1)N(C)C. The standard InChI is InChI=1S/C17H30N2O/c1-7-17(8-2,19(5)6)16(18)14-9-11-15(12-10-14)20-13(3)4/h9-13,16H,7-8,18H2,1-6H3. The lowest BCUT2D eigenvalue weighted by atomic mass is 9.80. The van der Waals surface area contributed by atoms with Crippen LogP contribution in [-0.4, -0.2) is 30.6 Å². The predicted octanol–water partition coefficient (Wildman–Crippen LogP) is 3.59. The molecule has 114 valence electrons. The van der Waals surface area contributed by atoms with Crippen LogP contribution in [0, 0.1) is 0 Å². The van der Waals surface area contributed by atoms with Gasteiger partial charge in [-0.1, -0.05) is 26.0 Å². The Bertz CT molecular complexity index is 394. The van der Waals surface area contributed by atoms with Gasteiger partial charge < -0.3 is 15.4 Å². The summed E-state index contributed by atoms with van der Waals surface area (Å²) in [6.45, 7) is 8.48. The topological polar surface area (TPSA) is 38.5 Å². The minimum Gasteiger partial charge on any atom is -0.491 e. The van der Waals surface area contributed by atoms with Gasteiger partial charge in [-0.25, -0.2) is 0 Å². The summed E-state index contributed by atoms with van der Waals surface area (Å²) >= 11 is 0. The van der Waals surface area contributed by atoms with Crippen LogP contribution < -0.4 is 10.5 Å². The first kappa shape index (κ1) is 17.0. The zero-order chi connectivity index (χ0) is 15.3. The molecule has 0 heterocycles. The van der Waals surface area contributed by atoms with Crippen molar-refractivity contribution in [1.82, 2.24) is 4.90 Å². The van der Waals surface area contributed by atoms with E-state index >= 15 is 0 Å². The molecule has 0 radical (unpaired) electrons. The van der Waals surface area contributed by atoms with Gasteiger partial charge in [-0.05, 0) is 58.5 Å². The number of likely N-dealkylation sites (N-methyl/N-ethyl adjacent to an activating group) is 1. The van der Waals surface area contributed by atoms with Gasteiger partial charge in [0.25, 0.3) is 0 Å². The van der Waals surface area contributed by atoms with Gasteiger partial charge in [0.05, 0.1) is 6.10 Å². The lowest BCUT2D eigenvalue weighted by molar-refractivity contribution is 0.106. The van der Waals surface area contributed by atoms with Crippen LogP contribution in [0.5, 0.6) is 5.75 Å². The van der Waals surface area contributed by atoms with Crippen LogP contribution in [0.1, 0.15) is 52.1 Å². The van der Waals surface area contributed by atoms with Crippen molar-refractivity contribution in [2.45, 2.75) is 58.2 Å². The molecule has 20 heavy (non-hydrogen) atoms. The Hall–Kier alpha value is -1.06. The third-order valence-electron chi connectivity index (χ3n) is 4.31. The molecule has 1 aromatic rings. The van der Waals surface area contributed by atoms with Crippen molar-refractivity contribution in [3.8, 4) is 5.75 Å². The van der Waals surface area contributed by atoms with E-state index in [0.29, 0.717) is 0 Å². The summed E-state index contributed by atoms with van der Waals surface area (Å²) in [4.78, 5) is 2.26. The van der Waals surface area contributed by atoms with Gasteiger partial charge in [-0.15, -0.1) is 0 Å². The molecular weight excluding hydrogens is 248 g/mol. The van der Waals surface area contributed by atoms with Gasteiger partial charge in [0.15, 0.2) is 0 Å². The molecule has 3 heteroatoms. The summed E-state index contributed by atoms with van der Waals surface area (Å²) in [5, 5.41) is 0. The normalized spacial score (nSPS) is 13.8. The Kier molecular flexibility index (Phi) is 6.03. The molecule has 0 aromatic heterocycles. The summed E-state index contributed by atoms with van der Waals surface area (Å²) in [6.07, 6.45) is 2.26. The predicted molar refractivity (Wildman–Crippen MR) is 86.1 cm³/mol. The van der Waals surface area contributed by atoms with Crippen molar-refractivity contribution in [2.75, 3.05) is 14.1 Å². The van der Waals surface area contributed by atoms with Crippen LogP contribution in [0.2, 0.25) is 0 Å². The summed E-state index contributed by atoms with van der Waals surface area (Å²) in [6, 6.07) is 8.21. The molecule has 0 aliphatic heterocycles. The largest absolute Gasteiger partial charge is 0.491 e. The average Bonchev–Trinajstić information content (AvgIpc) is 2.40. The van der Waals surface area contributed by atoms with Gasteiger partial charge in [0, 0.05) is 11.6 Å². The molecule has 3 nitrogen and oxygen atoms in total. The smallest absolute Gasteiger partial charge is 0.119 e. The molecule has 0 bridgehead atoms. The van der Waals surface area contributed by atoms with Crippen LogP contribution >= 0.6 is 0 Å². The number of nitrogens with zero attached hydrogens (tertiary/aromatic N) is 1. The van der Waals surface area contributed by atoms with E-state index in [4.69, 9.17) is 10.5 Å². The first-order valence-electron chi connectivity index (χ1n) is 7.57. The number of rotatable bonds is 7. The zero-order valence-electron chi connectivity index (χ0n) is 13.8. The molecule has 1 atom stereocenters. The van der Waals surface area contributed by atoms with Gasteiger partial charge >= 0.3 is 0 Å². The highest BCUT2D eigenvalue weighted by Gasteiger charge is 2.36. The highest BCUT2D eigenvalue weighted by atomic mass is 16.5. The van der Waals surface area contributed by atoms with Crippen molar-refractivity contribution >= 4 is 0 Å². The van der Waals surface area contributed by atoms with Crippen molar-refractivity contribution in [3.05, 3.63) is 29.8 Å². The minimum atomic E-state index is 0.000418. The second kappa shape index (κ2) is 7.09. The maximum Gasteiger partial charge on any atom is 0.119 e. The zero-order valence-corrected chi connectivity index (χ0v) is 13.8. The van der Waals surface area contributed by atoms with E-state index in [1.165, 1.54) is 5.56 Å². The van der Waals surface area contributed by atoms with Gasteiger partial charge in [0.2, 0.25) is 0 Å².